The first-order chi connectivity index (χ1) is 11.5. The molecule has 0 unspecified atom stereocenters. The summed E-state index contributed by atoms with van der Waals surface area (Å²) in [5.74, 6) is 0.0835. The minimum absolute atomic E-state index is 0.236. The van der Waals surface area contributed by atoms with Crippen molar-refractivity contribution in [1.29, 1.82) is 0 Å². The van der Waals surface area contributed by atoms with Crippen LogP contribution in [0.2, 0.25) is 0 Å². The fourth-order valence-electron chi connectivity index (χ4n) is 2.07. The van der Waals surface area contributed by atoms with Crippen molar-refractivity contribution in [3.63, 3.8) is 0 Å². The predicted octanol–water partition coefficient (Wildman–Crippen LogP) is 2.33. The number of para-hydroxylation sites is 1. The van der Waals surface area contributed by atoms with Crippen LogP contribution >= 0.6 is 0 Å². The topological polar surface area (TPSA) is 68.7 Å². The van der Waals surface area contributed by atoms with Crippen LogP contribution in [0.3, 0.4) is 0 Å². The van der Waals surface area contributed by atoms with Gasteiger partial charge in [0.25, 0.3) is 5.91 Å². The summed E-state index contributed by atoms with van der Waals surface area (Å²) in [6, 6.07) is 10.7. The summed E-state index contributed by atoms with van der Waals surface area (Å²) in [7, 11) is 2.98. The van der Waals surface area contributed by atoms with Crippen molar-refractivity contribution in [2.75, 3.05) is 27.3 Å². The average molecular weight is 328 g/mol. The molecule has 0 radical (unpaired) electrons. The van der Waals surface area contributed by atoms with Gasteiger partial charge in [0.05, 0.1) is 19.2 Å². The fraction of sp³-hybridized carbons (Fsp3) is 0.278. The monoisotopic (exact) mass is 328 g/mol. The zero-order valence-electron chi connectivity index (χ0n) is 14.0. The fourth-order valence-corrected chi connectivity index (χ4v) is 2.07. The van der Waals surface area contributed by atoms with Gasteiger partial charge in [-0.2, -0.15) is 0 Å². The summed E-state index contributed by atoms with van der Waals surface area (Å²) >= 11 is 0. The van der Waals surface area contributed by atoms with E-state index >= 15 is 0 Å². The van der Waals surface area contributed by atoms with E-state index in [4.69, 9.17) is 4.74 Å². The lowest BCUT2D eigenvalue weighted by Gasteiger charge is -2.17. The van der Waals surface area contributed by atoms with Gasteiger partial charge in [0, 0.05) is 13.2 Å². The van der Waals surface area contributed by atoms with E-state index < -0.39 is 5.97 Å². The zero-order chi connectivity index (χ0) is 17.5. The maximum Gasteiger partial charge on any atom is 0.339 e. The number of nitrogens with zero attached hydrogens (tertiary/aromatic N) is 2. The third-order valence-electron chi connectivity index (χ3n) is 3.53. The van der Waals surface area contributed by atoms with Gasteiger partial charge in [-0.1, -0.05) is 18.2 Å². The van der Waals surface area contributed by atoms with Crippen LogP contribution < -0.4 is 4.74 Å². The van der Waals surface area contributed by atoms with Crippen molar-refractivity contribution in [1.82, 2.24) is 9.88 Å². The van der Waals surface area contributed by atoms with Gasteiger partial charge in [0.2, 0.25) is 0 Å². The molecule has 0 spiro atoms. The lowest BCUT2D eigenvalue weighted by molar-refractivity contribution is 0.0599. The summed E-state index contributed by atoms with van der Waals surface area (Å²) in [4.78, 5) is 29.2. The smallest absolute Gasteiger partial charge is 0.339 e. The number of aryl methyl sites for hydroxylation is 1. The molecule has 0 N–H and O–H groups in total. The number of amides is 1. The summed E-state index contributed by atoms with van der Waals surface area (Å²) in [6.45, 7) is 2.78. The molecule has 1 amide bonds. The number of aromatic nitrogens is 1. The Hall–Kier alpha value is -2.89. The maximum absolute atomic E-state index is 12.3. The zero-order valence-corrected chi connectivity index (χ0v) is 14.0. The van der Waals surface area contributed by atoms with Gasteiger partial charge < -0.3 is 14.4 Å². The number of benzene rings is 1. The molecule has 0 saturated carbocycles. The van der Waals surface area contributed by atoms with Crippen molar-refractivity contribution in [2.24, 2.45) is 0 Å². The summed E-state index contributed by atoms with van der Waals surface area (Å²) in [5.41, 5.74) is 1.62. The van der Waals surface area contributed by atoms with E-state index in [1.807, 2.05) is 31.2 Å². The molecule has 0 saturated heterocycles. The predicted molar refractivity (Wildman–Crippen MR) is 89.2 cm³/mol. The van der Waals surface area contributed by atoms with Crippen molar-refractivity contribution >= 4 is 11.9 Å². The van der Waals surface area contributed by atoms with E-state index in [9.17, 15) is 9.59 Å². The number of ether oxygens (including phenoxy) is 2. The Morgan fingerprint density at radius 1 is 1.17 bits per heavy atom. The standard InChI is InChI=1S/C18H20N2O4/c1-13-6-4-5-7-16(13)24-11-10-20(2)17(21)15-9-8-14(12-19-15)18(22)23-3/h4-9,12H,10-11H2,1-3H3. The molecular weight excluding hydrogens is 308 g/mol. The molecule has 0 fully saturated rings. The van der Waals surface area contributed by atoms with Crippen LogP contribution in [0.1, 0.15) is 26.4 Å². The van der Waals surface area contributed by atoms with Gasteiger partial charge in [0.15, 0.2) is 0 Å². The van der Waals surface area contributed by atoms with Gasteiger partial charge in [0.1, 0.15) is 18.1 Å². The van der Waals surface area contributed by atoms with Crippen LogP contribution in [0.5, 0.6) is 5.75 Å². The average Bonchev–Trinajstić information content (AvgIpc) is 2.62. The lowest BCUT2D eigenvalue weighted by Crippen LogP contribution is -2.31. The summed E-state index contributed by atoms with van der Waals surface area (Å²) in [5, 5.41) is 0. The molecule has 6 nitrogen and oxygen atoms in total. The molecule has 0 atom stereocenters. The Kier molecular flexibility index (Phi) is 5.89. The highest BCUT2D eigenvalue weighted by molar-refractivity contribution is 5.94. The van der Waals surface area contributed by atoms with Crippen molar-refractivity contribution < 1.29 is 19.1 Å². The van der Waals surface area contributed by atoms with Crippen molar-refractivity contribution in [3.05, 3.63) is 59.4 Å². The van der Waals surface area contributed by atoms with Gasteiger partial charge in [-0.05, 0) is 30.7 Å². The Balaban J connectivity index is 1.90. The second-order valence-electron chi connectivity index (χ2n) is 5.26. The molecule has 2 aromatic rings. The molecule has 1 heterocycles. The first-order valence-electron chi connectivity index (χ1n) is 7.51. The normalized spacial score (nSPS) is 10.1. The van der Waals surface area contributed by atoms with Crippen LogP contribution in [0.25, 0.3) is 0 Å². The molecule has 2 rings (SSSR count). The number of carbonyl (C=O) groups is 2. The largest absolute Gasteiger partial charge is 0.491 e. The SMILES string of the molecule is COC(=O)c1ccc(C(=O)N(C)CCOc2ccccc2C)nc1. The highest BCUT2D eigenvalue weighted by Gasteiger charge is 2.14. The van der Waals surface area contributed by atoms with Crippen molar-refractivity contribution in [3.8, 4) is 5.75 Å². The van der Waals surface area contributed by atoms with E-state index in [0.29, 0.717) is 18.7 Å². The summed E-state index contributed by atoms with van der Waals surface area (Å²) < 4.78 is 10.3. The molecular formula is C18H20N2O4. The first kappa shape index (κ1) is 17.5. The number of rotatable bonds is 6. The number of carbonyl (C=O) groups excluding carboxylic acids is 2. The third-order valence-corrected chi connectivity index (χ3v) is 3.53. The minimum atomic E-state index is -0.485. The Morgan fingerprint density at radius 2 is 1.92 bits per heavy atom. The molecule has 0 aliphatic carbocycles. The van der Waals surface area contributed by atoms with Gasteiger partial charge in [-0.25, -0.2) is 4.79 Å². The second kappa shape index (κ2) is 8.10. The van der Waals surface area contributed by atoms with E-state index in [1.165, 1.54) is 30.3 Å². The molecule has 6 heteroatoms. The molecule has 126 valence electrons. The maximum atomic E-state index is 12.3. The van der Waals surface area contributed by atoms with E-state index in [2.05, 4.69) is 9.72 Å². The Bertz CT molecular complexity index is 713. The van der Waals surface area contributed by atoms with Gasteiger partial charge in [-0.3, -0.25) is 9.78 Å². The number of likely N-dealkylation sites (N-methyl/N-ethyl adjacent to an activating group) is 1. The Labute approximate surface area is 141 Å². The third kappa shape index (κ3) is 4.32. The number of hydrogen-bond acceptors (Lipinski definition) is 5. The van der Waals surface area contributed by atoms with E-state index in [1.54, 1.807) is 7.05 Å². The van der Waals surface area contributed by atoms with Gasteiger partial charge in [-0.15, -0.1) is 0 Å². The molecule has 1 aromatic carbocycles. The number of pyridine rings is 1. The molecule has 0 aliphatic rings. The molecule has 24 heavy (non-hydrogen) atoms. The highest BCUT2D eigenvalue weighted by Crippen LogP contribution is 2.16. The highest BCUT2D eigenvalue weighted by atomic mass is 16.5. The first-order valence-corrected chi connectivity index (χ1v) is 7.51. The number of esters is 1. The van der Waals surface area contributed by atoms with E-state index in [-0.39, 0.29) is 11.6 Å². The van der Waals surface area contributed by atoms with Crippen LogP contribution in [0.15, 0.2) is 42.6 Å². The van der Waals surface area contributed by atoms with Crippen LogP contribution in [-0.4, -0.2) is 49.1 Å². The Morgan fingerprint density at radius 3 is 2.54 bits per heavy atom. The lowest BCUT2D eigenvalue weighted by atomic mass is 10.2. The van der Waals surface area contributed by atoms with Gasteiger partial charge >= 0.3 is 5.97 Å². The molecule has 0 bridgehead atoms. The molecule has 1 aromatic heterocycles. The van der Waals surface area contributed by atoms with Crippen molar-refractivity contribution in [2.45, 2.75) is 6.92 Å². The van der Waals surface area contributed by atoms with Crippen LogP contribution in [0.4, 0.5) is 0 Å². The minimum Gasteiger partial charge on any atom is -0.491 e. The molecule has 0 aliphatic heterocycles. The van der Waals surface area contributed by atoms with E-state index in [0.717, 1.165) is 11.3 Å². The summed E-state index contributed by atoms with van der Waals surface area (Å²) in [6.07, 6.45) is 1.33. The number of methoxy groups -OCH3 is 1. The van der Waals surface area contributed by atoms with Crippen LogP contribution in [0, 0.1) is 6.92 Å². The quantitative estimate of drug-likeness (QED) is 0.761. The van der Waals surface area contributed by atoms with Crippen LogP contribution in [-0.2, 0) is 4.74 Å². The number of hydrogen-bond donors (Lipinski definition) is 0. The second-order valence-corrected chi connectivity index (χ2v) is 5.26.